The molecule has 3 atom stereocenters. The molecule has 0 saturated heterocycles. The first-order valence-electron chi connectivity index (χ1n) is 13.9. The molecule has 0 bridgehead atoms. The van der Waals surface area contributed by atoms with E-state index >= 15 is 0 Å². The highest BCUT2D eigenvalue weighted by Crippen LogP contribution is 2.39. The molecule has 9 nitrogen and oxygen atoms in total. The number of aromatic amines is 1. The van der Waals surface area contributed by atoms with Crippen molar-refractivity contribution in [1.82, 2.24) is 15.4 Å². The molecular weight excluding hydrogens is 554 g/mol. The highest BCUT2D eigenvalue weighted by molar-refractivity contribution is 7.98. The van der Waals surface area contributed by atoms with Gasteiger partial charge in [-0.25, -0.2) is 4.79 Å². The van der Waals surface area contributed by atoms with Gasteiger partial charge < -0.3 is 29.7 Å². The quantitative estimate of drug-likeness (QED) is 0.193. The molecule has 10 heteroatoms. The van der Waals surface area contributed by atoms with Crippen LogP contribution in [0.5, 0.6) is 5.75 Å². The van der Waals surface area contributed by atoms with Crippen LogP contribution < -0.4 is 10.1 Å². The lowest BCUT2D eigenvalue weighted by Gasteiger charge is -2.40. The number of rotatable bonds is 11. The number of thioether (sulfide) groups is 1. The maximum absolute atomic E-state index is 13.1. The van der Waals surface area contributed by atoms with Gasteiger partial charge >= 0.3 is 12.1 Å². The lowest BCUT2D eigenvalue weighted by atomic mass is 9.90. The molecule has 0 aliphatic carbocycles. The van der Waals surface area contributed by atoms with E-state index in [1.807, 2.05) is 78.9 Å². The number of nitrogens with zero attached hydrogens (tertiary/aromatic N) is 1. The number of carbonyl (C=O) groups excluding carboxylic acids is 2. The largest absolute Gasteiger partial charge is 0.497 e. The summed E-state index contributed by atoms with van der Waals surface area (Å²) in [6.45, 7) is 2.04. The fourth-order valence-electron chi connectivity index (χ4n) is 5.28. The highest BCUT2D eigenvalue weighted by Gasteiger charge is 2.44. The number of H-pyrrole nitrogens is 1. The Labute approximate surface area is 249 Å². The minimum absolute atomic E-state index is 0.106. The monoisotopic (exact) mass is 589 g/mol. The maximum atomic E-state index is 13.1. The molecule has 5 rings (SSSR count). The summed E-state index contributed by atoms with van der Waals surface area (Å²) in [5.41, 5.74) is 4.51. The number of hydrogen-bond acceptors (Lipinski definition) is 8. The zero-order valence-electron chi connectivity index (χ0n) is 23.6. The van der Waals surface area contributed by atoms with Gasteiger partial charge in [0.25, 0.3) is 0 Å². The summed E-state index contributed by atoms with van der Waals surface area (Å²) >= 11 is 1.60. The first-order chi connectivity index (χ1) is 20.5. The van der Waals surface area contributed by atoms with E-state index in [0.717, 1.165) is 44.1 Å². The van der Waals surface area contributed by atoms with Crippen molar-refractivity contribution in [3.8, 4) is 5.75 Å². The van der Waals surface area contributed by atoms with Crippen LogP contribution in [0.1, 0.15) is 35.3 Å². The van der Waals surface area contributed by atoms with E-state index in [1.165, 1.54) is 0 Å². The van der Waals surface area contributed by atoms with Crippen LogP contribution in [0.15, 0.2) is 78.9 Å². The van der Waals surface area contributed by atoms with Gasteiger partial charge in [0.05, 0.1) is 25.8 Å². The van der Waals surface area contributed by atoms with Gasteiger partial charge in [-0.1, -0.05) is 60.7 Å². The Morgan fingerprint density at radius 3 is 2.50 bits per heavy atom. The van der Waals surface area contributed by atoms with Crippen LogP contribution in [0.3, 0.4) is 0 Å². The van der Waals surface area contributed by atoms with Crippen molar-refractivity contribution >= 4 is 34.7 Å². The Balaban J connectivity index is 1.43. The van der Waals surface area contributed by atoms with Crippen LogP contribution in [0.2, 0.25) is 0 Å². The van der Waals surface area contributed by atoms with E-state index in [4.69, 9.17) is 14.2 Å². The average molecular weight is 590 g/mol. The number of esters is 1. The van der Waals surface area contributed by atoms with Crippen molar-refractivity contribution in [2.75, 3.05) is 19.5 Å². The normalized spacial score (nSPS) is 17.3. The van der Waals surface area contributed by atoms with Crippen molar-refractivity contribution in [3.05, 3.63) is 101 Å². The molecule has 3 N–H and O–H groups in total. The van der Waals surface area contributed by atoms with Gasteiger partial charge in [0, 0.05) is 34.5 Å². The van der Waals surface area contributed by atoms with Crippen LogP contribution in [-0.2, 0) is 33.0 Å². The number of amides is 1. The van der Waals surface area contributed by atoms with Crippen LogP contribution >= 0.6 is 11.8 Å². The summed E-state index contributed by atoms with van der Waals surface area (Å²) in [6.07, 6.45) is -0.340. The van der Waals surface area contributed by atoms with E-state index in [9.17, 15) is 14.8 Å². The summed E-state index contributed by atoms with van der Waals surface area (Å²) < 4.78 is 16.2. The lowest BCUT2D eigenvalue weighted by Crippen LogP contribution is -2.55. The van der Waals surface area contributed by atoms with Crippen LogP contribution in [-0.4, -0.2) is 58.9 Å². The zero-order valence-corrected chi connectivity index (χ0v) is 24.4. The number of aromatic nitrogens is 1. The number of benzene rings is 3. The SMILES string of the molecule is CCOC(=O)[C@H]1Cc2c([nH]c3ccccc23)[C@@H](C(CSCc2ccc(OC)cc2)NC(=O)OCc2ccccc2)N1O. The van der Waals surface area contributed by atoms with Gasteiger partial charge in [0.2, 0.25) is 0 Å². The third-order valence-corrected chi connectivity index (χ3v) is 8.46. The molecule has 42 heavy (non-hydrogen) atoms. The van der Waals surface area contributed by atoms with Gasteiger partial charge in [0.15, 0.2) is 0 Å². The summed E-state index contributed by atoms with van der Waals surface area (Å²) in [6, 6.07) is 22.7. The number of nitrogens with one attached hydrogen (secondary N) is 2. The third kappa shape index (κ3) is 6.73. The standard InChI is InChI=1S/C32H35N3O6S/c1-3-40-31(36)28-17-25-24-11-7-8-12-26(24)33-29(25)30(35(28)38)27(20-42-19-22-13-15-23(39-2)16-14-22)34-32(37)41-18-21-9-5-4-6-10-21/h4-16,27-28,30,33,38H,3,17-20H2,1-2H3,(H,34,37)/t27?,28-,30-/m1/s1. The molecule has 1 amide bonds. The third-order valence-electron chi connectivity index (χ3n) is 7.33. The molecule has 220 valence electrons. The summed E-state index contributed by atoms with van der Waals surface area (Å²) in [5, 5.41) is 16.6. The number of fused-ring (bicyclic) bond motifs is 3. The second kappa shape index (κ2) is 13.8. The van der Waals surface area contributed by atoms with Gasteiger partial charge in [-0.15, -0.1) is 0 Å². The predicted octanol–water partition coefficient (Wildman–Crippen LogP) is 5.63. The fourth-order valence-corrected chi connectivity index (χ4v) is 6.34. The zero-order chi connectivity index (χ0) is 29.5. The summed E-state index contributed by atoms with van der Waals surface area (Å²) in [7, 11) is 1.63. The first-order valence-corrected chi connectivity index (χ1v) is 15.0. The molecule has 1 unspecified atom stereocenters. The summed E-state index contributed by atoms with van der Waals surface area (Å²) in [5.74, 6) is 1.36. The molecule has 0 saturated carbocycles. The van der Waals surface area contributed by atoms with Gasteiger partial charge in [-0.3, -0.25) is 4.79 Å². The van der Waals surface area contributed by atoms with Crippen molar-refractivity contribution in [1.29, 1.82) is 0 Å². The Hall–Kier alpha value is -3.99. The minimum Gasteiger partial charge on any atom is -0.497 e. The number of ether oxygens (including phenoxy) is 3. The fraction of sp³-hybridized carbons (Fsp3) is 0.312. The first kappa shape index (κ1) is 29.5. The number of carbonyl (C=O) groups is 2. The second-order valence-corrected chi connectivity index (χ2v) is 11.1. The van der Waals surface area contributed by atoms with Crippen molar-refractivity contribution in [2.45, 2.75) is 43.8 Å². The molecule has 0 radical (unpaired) electrons. The van der Waals surface area contributed by atoms with E-state index in [-0.39, 0.29) is 19.6 Å². The predicted molar refractivity (Wildman–Crippen MR) is 161 cm³/mol. The highest BCUT2D eigenvalue weighted by atomic mass is 32.2. The number of hydrogen-bond donors (Lipinski definition) is 3. The van der Waals surface area contributed by atoms with Crippen LogP contribution in [0.25, 0.3) is 10.9 Å². The molecule has 0 fully saturated rings. The Morgan fingerprint density at radius 2 is 1.76 bits per heavy atom. The van der Waals surface area contributed by atoms with E-state index in [0.29, 0.717) is 11.5 Å². The molecule has 4 aromatic rings. The molecule has 2 heterocycles. The van der Waals surface area contributed by atoms with Gasteiger partial charge in [-0.05, 0) is 41.8 Å². The van der Waals surface area contributed by atoms with Crippen molar-refractivity contribution in [3.63, 3.8) is 0 Å². The molecule has 1 aromatic heterocycles. The van der Waals surface area contributed by atoms with E-state index < -0.39 is 30.2 Å². The van der Waals surface area contributed by atoms with Crippen molar-refractivity contribution in [2.24, 2.45) is 0 Å². The molecule has 3 aromatic carbocycles. The Bertz CT molecular complexity index is 1490. The number of hydroxylamine groups is 2. The van der Waals surface area contributed by atoms with E-state index in [1.54, 1.807) is 25.8 Å². The molecular formula is C32H35N3O6S. The van der Waals surface area contributed by atoms with Crippen LogP contribution in [0.4, 0.5) is 4.79 Å². The molecule has 1 aliphatic heterocycles. The number of alkyl carbamates (subject to hydrolysis) is 1. The maximum Gasteiger partial charge on any atom is 0.407 e. The molecule has 0 spiro atoms. The minimum atomic E-state index is -0.933. The summed E-state index contributed by atoms with van der Waals surface area (Å²) in [4.78, 5) is 29.6. The van der Waals surface area contributed by atoms with Crippen LogP contribution in [0, 0.1) is 0 Å². The molecule has 1 aliphatic rings. The Kier molecular flexibility index (Phi) is 9.68. The average Bonchev–Trinajstić information content (AvgIpc) is 3.38. The van der Waals surface area contributed by atoms with Crippen molar-refractivity contribution < 1.29 is 29.0 Å². The lowest BCUT2D eigenvalue weighted by molar-refractivity contribution is -0.196. The van der Waals surface area contributed by atoms with Gasteiger partial charge in [0.1, 0.15) is 18.4 Å². The second-order valence-electron chi connectivity index (χ2n) is 10.0. The Morgan fingerprint density at radius 1 is 1.02 bits per heavy atom. The van der Waals surface area contributed by atoms with Gasteiger partial charge in [-0.2, -0.15) is 16.8 Å². The smallest absolute Gasteiger partial charge is 0.407 e. The van der Waals surface area contributed by atoms with E-state index in [2.05, 4.69) is 10.3 Å². The topological polar surface area (TPSA) is 113 Å². The number of methoxy groups -OCH3 is 1. The number of para-hydroxylation sites is 1.